The topological polar surface area (TPSA) is 106 Å². The normalized spacial score (nSPS) is 12.0. The lowest BCUT2D eigenvalue weighted by atomic mass is 10.2. The van der Waals surface area contributed by atoms with Gasteiger partial charge in [-0.05, 0) is 6.07 Å². The average molecular weight is 241 g/mol. The minimum absolute atomic E-state index is 0.132. The van der Waals surface area contributed by atoms with Crippen LogP contribution < -0.4 is 11.3 Å². The zero-order chi connectivity index (χ0) is 12.3. The van der Waals surface area contributed by atoms with E-state index in [1.54, 1.807) is 0 Å². The van der Waals surface area contributed by atoms with E-state index in [4.69, 9.17) is 10.5 Å². The summed E-state index contributed by atoms with van der Waals surface area (Å²) in [4.78, 5) is 22.7. The maximum absolute atomic E-state index is 11.7. The van der Waals surface area contributed by atoms with Crippen LogP contribution >= 0.6 is 0 Å². The predicted octanol–water partition coefficient (Wildman–Crippen LogP) is -0.265. The van der Waals surface area contributed by atoms with E-state index in [2.05, 4.69) is 6.58 Å². The lowest BCUT2D eigenvalue weighted by molar-refractivity contribution is 0.0995. The van der Waals surface area contributed by atoms with Crippen molar-refractivity contribution in [2.75, 3.05) is 0 Å². The fourth-order valence-corrected chi connectivity index (χ4v) is 1.86. The monoisotopic (exact) mass is 241 g/mol. The van der Waals surface area contributed by atoms with Gasteiger partial charge in [0.25, 0.3) is 11.5 Å². The number of allylic oxidation sites excluding steroid dienone is 1. The molecule has 6 nitrogen and oxygen atoms in total. The molecule has 1 aromatic rings. The Kier molecular flexibility index (Phi) is 3.62. The van der Waals surface area contributed by atoms with Crippen LogP contribution in [0, 0.1) is 4.78 Å². The van der Waals surface area contributed by atoms with Crippen molar-refractivity contribution in [1.82, 2.24) is 4.57 Å². The van der Waals surface area contributed by atoms with Gasteiger partial charge in [-0.3, -0.25) is 14.4 Å². The Balaban J connectivity index is 3.60. The highest BCUT2D eigenvalue weighted by Gasteiger charge is 2.15. The highest BCUT2D eigenvalue weighted by Crippen LogP contribution is 2.05. The molecule has 0 fully saturated rings. The van der Waals surface area contributed by atoms with Crippen LogP contribution in [-0.2, 0) is 17.1 Å². The van der Waals surface area contributed by atoms with Crippen molar-refractivity contribution in [1.29, 1.82) is 4.78 Å². The van der Waals surface area contributed by atoms with E-state index in [0.717, 1.165) is 0 Å². The smallest absolute Gasteiger partial charge is 0.264 e. The minimum Gasteiger partial charge on any atom is -0.365 e. The molecule has 1 rings (SSSR count). The first-order chi connectivity index (χ1) is 7.49. The zero-order valence-corrected chi connectivity index (χ0v) is 9.24. The van der Waals surface area contributed by atoms with Crippen LogP contribution in [0.4, 0.5) is 0 Å². The molecule has 0 spiro atoms. The Morgan fingerprint density at radius 2 is 2.31 bits per heavy atom. The molecular formula is C9H11N3O3S. The first-order valence-corrected chi connectivity index (χ1v) is 5.57. The number of nitrogens with two attached hydrogens (primary N) is 1. The fraction of sp³-hybridized carbons (Fsp3) is 0.111. The molecule has 3 N–H and O–H groups in total. The number of aromatic nitrogens is 1. The number of rotatable bonds is 4. The Bertz CT molecular complexity index is 564. The molecule has 0 saturated heterocycles. The summed E-state index contributed by atoms with van der Waals surface area (Å²) in [5, 5.41) is 0. The van der Waals surface area contributed by atoms with Gasteiger partial charge in [-0.15, -0.1) is 6.58 Å². The van der Waals surface area contributed by atoms with Crippen LogP contribution in [0.3, 0.4) is 0 Å². The molecule has 0 aliphatic carbocycles. The molecule has 0 aliphatic heterocycles. The van der Waals surface area contributed by atoms with Gasteiger partial charge in [-0.25, -0.2) is 4.21 Å². The molecule has 0 radical (unpaired) electrons. The maximum atomic E-state index is 11.7. The number of hydrogen-bond donors (Lipinski definition) is 3. The van der Waals surface area contributed by atoms with Gasteiger partial charge in [0.1, 0.15) is 5.56 Å². The summed E-state index contributed by atoms with van der Waals surface area (Å²) in [6.45, 7) is 3.67. The summed E-state index contributed by atoms with van der Waals surface area (Å²) in [6, 6.07) is 1.29. The third-order valence-corrected chi connectivity index (χ3v) is 2.74. The van der Waals surface area contributed by atoms with Crippen molar-refractivity contribution in [2.45, 2.75) is 11.4 Å². The van der Waals surface area contributed by atoms with Gasteiger partial charge < -0.3 is 10.3 Å². The van der Waals surface area contributed by atoms with Crippen LogP contribution in [0.1, 0.15) is 10.4 Å². The Morgan fingerprint density at radius 1 is 1.69 bits per heavy atom. The molecular weight excluding hydrogens is 230 g/mol. The summed E-state index contributed by atoms with van der Waals surface area (Å²) in [7, 11) is -2.53. The van der Waals surface area contributed by atoms with Crippen LogP contribution in [0.15, 0.2) is 34.6 Å². The molecule has 0 aromatic carbocycles. The fourth-order valence-electron chi connectivity index (χ4n) is 1.25. The number of carbonyl (C=O) groups is 1. The molecule has 16 heavy (non-hydrogen) atoms. The summed E-state index contributed by atoms with van der Waals surface area (Å²) < 4.78 is 19.3. The number of thiol groups is 1. The van der Waals surface area contributed by atoms with Gasteiger partial charge in [0.2, 0.25) is 0 Å². The van der Waals surface area contributed by atoms with Crippen LogP contribution in [0.25, 0.3) is 0 Å². The van der Waals surface area contributed by atoms with Gasteiger partial charge in [0.15, 0.2) is 0 Å². The molecule has 7 heteroatoms. The Labute approximate surface area is 93.4 Å². The van der Waals surface area contributed by atoms with Crippen molar-refractivity contribution in [2.24, 2.45) is 5.73 Å². The van der Waals surface area contributed by atoms with E-state index in [1.807, 2.05) is 0 Å². The van der Waals surface area contributed by atoms with Crippen LogP contribution in [-0.4, -0.2) is 14.7 Å². The van der Waals surface area contributed by atoms with Crippen molar-refractivity contribution in [3.63, 3.8) is 0 Å². The lowest BCUT2D eigenvalue weighted by Crippen LogP contribution is -2.30. The second-order valence-corrected chi connectivity index (χ2v) is 4.05. The van der Waals surface area contributed by atoms with E-state index in [9.17, 15) is 13.8 Å². The van der Waals surface area contributed by atoms with Crippen molar-refractivity contribution in [3.05, 3.63) is 40.8 Å². The number of carbonyl (C=O) groups excluding carboxylic acids is 1. The van der Waals surface area contributed by atoms with Gasteiger partial charge in [0.05, 0.1) is 15.5 Å². The summed E-state index contributed by atoms with van der Waals surface area (Å²) >= 11 is 0. The van der Waals surface area contributed by atoms with Gasteiger partial charge in [-0.2, -0.15) is 0 Å². The number of primary amides is 1. The third-order valence-electron chi connectivity index (χ3n) is 1.93. The molecule has 1 aromatic heterocycles. The number of nitrogens with zero attached hydrogens (tertiary/aromatic N) is 1. The molecule has 1 heterocycles. The summed E-state index contributed by atoms with van der Waals surface area (Å²) in [5.74, 6) is -0.978. The first-order valence-electron chi connectivity index (χ1n) is 4.31. The number of pyridine rings is 1. The quantitative estimate of drug-likeness (QED) is 0.499. The lowest BCUT2D eigenvalue weighted by Gasteiger charge is -2.06. The van der Waals surface area contributed by atoms with Gasteiger partial charge >= 0.3 is 0 Å². The van der Waals surface area contributed by atoms with E-state index in [1.165, 1.54) is 22.9 Å². The number of nitrogens with one attached hydrogen (secondary N) is 1. The molecule has 0 aliphatic rings. The average Bonchev–Trinajstić information content (AvgIpc) is 2.20. The zero-order valence-electron chi connectivity index (χ0n) is 8.34. The van der Waals surface area contributed by atoms with E-state index < -0.39 is 22.1 Å². The molecule has 0 bridgehead atoms. The first kappa shape index (κ1) is 12.2. The number of hydrogen-bond acceptors (Lipinski definition) is 4. The van der Waals surface area contributed by atoms with Crippen molar-refractivity contribution < 1.29 is 9.00 Å². The van der Waals surface area contributed by atoms with E-state index in [-0.39, 0.29) is 17.0 Å². The van der Waals surface area contributed by atoms with Crippen LogP contribution in [0.5, 0.6) is 0 Å². The molecule has 1 unspecified atom stereocenters. The highest BCUT2D eigenvalue weighted by molar-refractivity contribution is 7.73. The Morgan fingerprint density at radius 3 is 2.75 bits per heavy atom. The predicted molar refractivity (Wildman–Crippen MR) is 59.9 cm³/mol. The SMILES string of the molecule is C=CCn1ccc([SH](=N)=O)c(C(N)=O)c1=O. The second-order valence-electron chi connectivity index (χ2n) is 2.98. The largest absolute Gasteiger partial charge is 0.365 e. The van der Waals surface area contributed by atoms with E-state index in [0.29, 0.717) is 0 Å². The third kappa shape index (κ3) is 2.19. The molecule has 1 atom stereocenters. The standard InChI is InChI=1S/C9H11N3O3S/c1-2-4-12-5-3-6(16(11)15)7(8(10)13)9(12)14/h2-3,5,11,16H,1,4H2,(H2,10,13). The minimum atomic E-state index is -2.53. The van der Waals surface area contributed by atoms with Crippen molar-refractivity contribution in [3.8, 4) is 0 Å². The van der Waals surface area contributed by atoms with E-state index >= 15 is 0 Å². The van der Waals surface area contributed by atoms with Gasteiger partial charge in [-0.1, -0.05) is 6.08 Å². The Hall–Kier alpha value is -1.89. The highest BCUT2D eigenvalue weighted by atomic mass is 32.2. The van der Waals surface area contributed by atoms with Crippen LogP contribution in [0.2, 0.25) is 0 Å². The number of amides is 1. The summed E-state index contributed by atoms with van der Waals surface area (Å²) in [5.41, 5.74) is 3.99. The maximum Gasteiger partial charge on any atom is 0.264 e. The summed E-state index contributed by atoms with van der Waals surface area (Å²) in [6.07, 6.45) is 2.83. The second kappa shape index (κ2) is 4.75. The molecule has 86 valence electrons. The molecule has 1 amide bonds. The van der Waals surface area contributed by atoms with Gasteiger partial charge in [0, 0.05) is 12.7 Å². The molecule has 0 saturated carbocycles. The van der Waals surface area contributed by atoms with Crippen molar-refractivity contribution >= 4 is 16.5 Å².